The van der Waals surface area contributed by atoms with Crippen LogP contribution in [0.3, 0.4) is 0 Å². The summed E-state index contributed by atoms with van der Waals surface area (Å²) in [6.45, 7) is 3.96. The van der Waals surface area contributed by atoms with Crippen LogP contribution in [0.1, 0.15) is 26.7 Å². The molecule has 0 atom stereocenters. The molecular weight excluding hydrogens is 255 g/mol. The molecule has 7 heavy (non-hydrogen) atoms. The molecule has 0 aliphatic rings. The van der Waals surface area contributed by atoms with Gasteiger partial charge in [0.2, 0.25) is 0 Å². The third kappa shape index (κ3) is 6.83. The van der Waals surface area contributed by atoms with Crippen molar-refractivity contribution in [3.8, 4) is 0 Å². The molecule has 2 heteroatoms. The fourth-order valence-corrected chi connectivity index (χ4v) is 0.289. The second kappa shape index (κ2) is 6.83. The Bertz CT molecular complexity index is 27.3. The van der Waals surface area contributed by atoms with Crippen molar-refractivity contribution in [3.05, 3.63) is 0 Å². The molecule has 0 aliphatic heterocycles. The average Bonchev–Trinajstić information content (AvgIpc) is 1.65. The summed E-state index contributed by atoms with van der Waals surface area (Å²) in [6.07, 6.45) is 1.71. The van der Waals surface area contributed by atoms with Crippen molar-refractivity contribution >= 4 is 0 Å². The second-order valence-electron chi connectivity index (χ2n) is 1.47. The number of hydrogen-bond donors (Lipinski definition) is 1. The third-order valence-electron chi connectivity index (χ3n) is 0.942. The van der Waals surface area contributed by atoms with E-state index in [0.717, 1.165) is 12.8 Å². The molecule has 0 aromatic rings. The minimum absolute atomic E-state index is 0. The Morgan fingerprint density at radius 2 is 1.57 bits per heavy atom. The van der Waals surface area contributed by atoms with Gasteiger partial charge in [0.25, 0.3) is 0 Å². The van der Waals surface area contributed by atoms with Gasteiger partial charge in [-0.05, 0) is 12.8 Å². The van der Waals surface area contributed by atoms with E-state index in [4.69, 9.17) is 5.11 Å². The minimum Gasteiger partial charge on any atom is -0.393 e. The smallest absolute Gasteiger partial charge is 0.0535 e. The first-order chi connectivity index (χ1) is 2.81. The van der Waals surface area contributed by atoms with Crippen molar-refractivity contribution in [1.82, 2.24) is 0 Å². The molecule has 0 fully saturated rings. The van der Waals surface area contributed by atoms with Gasteiger partial charge in [0.05, 0.1) is 6.10 Å². The van der Waals surface area contributed by atoms with Gasteiger partial charge in [0.15, 0.2) is 0 Å². The summed E-state index contributed by atoms with van der Waals surface area (Å²) in [4.78, 5) is 0. The van der Waals surface area contributed by atoms with Crippen molar-refractivity contribution in [2.75, 3.05) is 0 Å². The molecule has 0 unspecified atom stereocenters. The summed E-state index contributed by atoms with van der Waals surface area (Å²) in [5, 5.41) is 8.67. The molecule has 0 aliphatic carbocycles. The summed E-state index contributed by atoms with van der Waals surface area (Å²) >= 11 is 0. The Labute approximate surface area is 63.9 Å². The maximum atomic E-state index is 8.67. The van der Waals surface area contributed by atoms with Crippen molar-refractivity contribution in [3.63, 3.8) is 0 Å². The predicted octanol–water partition coefficient (Wildman–Crippen LogP) is 1.16. The molecule has 0 rings (SSSR count). The molecule has 0 heterocycles. The van der Waals surface area contributed by atoms with E-state index in [0.29, 0.717) is 0 Å². The van der Waals surface area contributed by atoms with Crippen LogP contribution in [0.4, 0.5) is 0 Å². The quantitative estimate of drug-likeness (QED) is 0.744. The van der Waals surface area contributed by atoms with Gasteiger partial charge < -0.3 is 5.11 Å². The van der Waals surface area contributed by atoms with Gasteiger partial charge in [0, 0.05) is 25.8 Å². The van der Waals surface area contributed by atoms with E-state index in [9.17, 15) is 0 Å². The first-order valence-electron chi connectivity index (χ1n) is 2.49. The maximum absolute atomic E-state index is 8.67. The van der Waals surface area contributed by atoms with E-state index in [-0.39, 0.29) is 31.9 Å². The Balaban J connectivity index is 0. The van der Waals surface area contributed by atoms with Gasteiger partial charge in [-0.2, -0.15) is 0 Å². The zero-order chi connectivity index (χ0) is 4.99. The summed E-state index contributed by atoms with van der Waals surface area (Å²) in [7, 11) is 0. The van der Waals surface area contributed by atoms with Gasteiger partial charge in [-0.15, -0.1) is 0 Å². The number of aliphatic hydroxyl groups excluding tert-OH is 1. The Morgan fingerprint density at radius 3 is 1.57 bits per heavy atom. The van der Waals surface area contributed by atoms with Crippen LogP contribution >= 0.6 is 0 Å². The molecule has 1 N–H and O–H groups in total. The molecule has 0 amide bonds. The van der Waals surface area contributed by atoms with E-state index in [1.54, 1.807) is 0 Å². The molecule has 0 radical (unpaired) electrons. The second-order valence-corrected chi connectivity index (χ2v) is 1.47. The Hall–Kier alpha value is 0.830. The Morgan fingerprint density at radius 1 is 1.29 bits per heavy atom. The van der Waals surface area contributed by atoms with E-state index in [2.05, 4.69) is 0 Å². The summed E-state index contributed by atoms with van der Waals surface area (Å²) in [6, 6.07) is 0. The van der Waals surface area contributed by atoms with Crippen molar-refractivity contribution < 1.29 is 30.9 Å². The van der Waals surface area contributed by atoms with E-state index >= 15 is 0 Å². The van der Waals surface area contributed by atoms with Crippen LogP contribution in [-0.4, -0.2) is 11.2 Å². The number of aliphatic hydroxyl groups is 1. The molecule has 0 aromatic heterocycles. The fraction of sp³-hybridized carbons (Fsp3) is 1.00. The van der Waals surface area contributed by atoms with Gasteiger partial charge in [-0.1, -0.05) is 13.8 Å². The fourth-order valence-electron chi connectivity index (χ4n) is 0.289. The Kier molecular flexibility index (Phi) is 10.5. The van der Waals surface area contributed by atoms with Crippen LogP contribution in [0.15, 0.2) is 0 Å². The number of hydrogen-bond acceptors (Lipinski definition) is 1. The normalized spacial score (nSPS) is 8.57. The molecule has 0 bridgehead atoms. The molecule has 1 nitrogen and oxygen atoms in total. The largest absolute Gasteiger partial charge is 0.393 e. The average molecular weight is 267 g/mol. The first-order valence-corrected chi connectivity index (χ1v) is 2.49. The summed E-state index contributed by atoms with van der Waals surface area (Å²) in [5.74, 6) is 0. The van der Waals surface area contributed by atoms with Crippen molar-refractivity contribution in [1.29, 1.82) is 0 Å². The predicted molar refractivity (Wildman–Crippen MR) is 26.6 cm³/mol. The zero-order valence-electron chi connectivity index (χ0n) is 4.94. The minimum atomic E-state index is -0.0648. The molecule has 0 saturated heterocycles. The molecule has 42 valence electrons. The monoisotopic (exact) mass is 268 g/mol. The van der Waals surface area contributed by atoms with Gasteiger partial charge in [-0.25, -0.2) is 0 Å². The van der Waals surface area contributed by atoms with Gasteiger partial charge in [-0.3, -0.25) is 0 Å². The molecule has 0 aromatic carbocycles. The van der Waals surface area contributed by atoms with Crippen LogP contribution in [0, 0.1) is 0 Å². The van der Waals surface area contributed by atoms with E-state index in [1.165, 1.54) is 0 Å². The van der Waals surface area contributed by atoms with Crippen molar-refractivity contribution in [2.24, 2.45) is 0 Å². The van der Waals surface area contributed by atoms with E-state index < -0.39 is 0 Å². The van der Waals surface area contributed by atoms with Crippen LogP contribution in [0.2, 0.25) is 0 Å². The first kappa shape index (κ1) is 10.7. The van der Waals surface area contributed by atoms with Crippen molar-refractivity contribution in [2.45, 2.75) is 32.8 Å². The standard InChI is InChI=1S/C5H12O.Hf/c1-3-5(6)4-2;/h5-6H,3-4H2,1-2H3;. The summed E-state index contributed by atoms with van der Waals surface area (Å²) in [5.41, 5.74) is 0. The summed E-state index contributed by atoms with van der Waals surface area (Å²) < 4.78 is 0. The topological polar surface area (TPSA) is 20.2 Å². The van der Waals surface area contributed by atoms with Crippen LogP contribution in [0.5, 0.6) is 0 Å². The van der Waals surface area contributed by atoms with Crippen LogP contribution in [0.25, 0.3) is 0 Å². The van der Waals surface area contributed by atoms with E-state index in [1.807, 2.05) is 13.8 Å². The van der Waals surface area contributed by atoms with Gasteiger partial charge >= 0.3 is 0 Å². The van der Waals surface area contributed by atoms with Crippen LogP contribution in [-0.2, 0) is 25.8 Å². The van der Waals surface area contributed by atoms with Crippen LogP contribution < -0.4 is 0 Å². The number of rotatable bonds is 2. The maximum Gasteiger partial charge on any atom is 0.0535 e. The SMILES string of the molecule is CCC(O)CC.[Hf]. The molecular formula is C5H12HfO. The van der Waals surface area contributed by atoms with Gasteiger partial charge in [0.1, 0.15) is 0 Å². The molecule has 0 saturated carbocycles. The molecule has 0 spiro atoms. The third-order valence-corrected chi connectivity index (χ3v) is 0.942. The zero-order valence-corrected chi connectivity index (χ0v) is 8.53.